The minimum Gasteiger partial charge on any atom is -0.491 e. The molecule has 0 saturated carbocycles. The number of unbranched alkanes of at least 4 members (excludes halogenated alkanes) is 1. The normalized spacial score (nSPS) is 11.7. The fraction of sp³-hybridized carbons (Fsp3) is 0.562. The SMILES string of the molecule is CCCCNC(=O)NCCNC[C@@H](O)COc1ccccc1. The average molecular weight is 309 g/mol. The molecule has 0 aromatic heterocycles. The molecular formula is C16H27N3O3. The first kappa shape index (κ1) is 18.3. The molecule has 0 fully saturated rings. The highest BCUT2D eigenvalue weighted by Gasteiger charge is 2.04. The predicted octanol–water partition coefficient (Wildman–Crippen LogP) is 1.12. The fourth-order valence-corrected chi connectivity index (χ4v) is 1.74. The first-order valence-electron chi connectivity index (χ1n) is 7.80. The molecule has 0 bridgehead atoms. The number of ether oxygens (including phenoxy) is 1. The number of aliphatic hydroxyl groups excluding tert-OH is 1. The van der Waals surface area contributed by atoms with Crippen LogP contribution >= 0.6 is 0 Å². The summed E-state index contributed by atoms with van der Waals surface area (Å²) in [6, 6.07) is 9.23. The molecule has 1 atom stereocenters. The van der Waals surface area contributed by atoms with E-state index in [9.17, 15) is 9.90 Å². The van der Waals surface area contributed by atoms with Crippen LogP contribution in [0.25, 0.3) is 0 Å². The van der Waals surface area contributed by atoms with E-state index in [-0.39, 0.29) is 12.6 Å². The van der Waals surface area contributed by atoms with Gasteiger partial charge in [0.15, 0.2) is 0 Å². The number of benzene rings is 1. The molecule has 22 heavy (non-hydrogen) atoms. The lowest BCUT2D eigenvalue weighted by molar-refractivity contribution is 0.106. The lowest BCUT2D eigenvalue weighted by Gasteiger charge is -2.13. The van der Waals surface area contributed by atoms with E-state index in [4.69, 9.17) is 4.74 Å². The van der Waals surface area contributed by atoms with Crippen molar-refractivity contribution in [1.29, 1.82) is 0 Å². The number of para-hydroxylation sites is 1. The number of aliphatic hydroxyl groups is 1. The van der Waals surface area contributed by atoms with Gasteiger partial charge in [-0.25, -0.2) is 4.79 Å². The third-order valence-electron chi connectivity index (χ3n) is 2.97. The summed E-state index contributed by atoms with van der Waals surface area (Å²) in [5.41, 5.74) is 0. The number of urea groups is 1. The van der Waals surface area contributed by atoms with Gasteiger partial charge in [-0.05, 0) is 18.6 Å². The van der Waals surface area contributed by atoms with Crippen molar-refractivity contribution in [3.05, 3.63) is 30.3 Å². The van der Waals surface area contributed by atoms with E-state index in [1.807, 2.05) is 30.3 Å². The molecule has 4 N–H and O–H groups in total. The zero-order chi connectivity index (χ0) is 16.0. The summed E-state index contributed by atoms with van der Waals surface area (Å²) in [7, 11) is 0. The molecule has 0 heterocycles. The first-order chi connectivity index (χ1) is 10.7. The number of carbonyl (C=O) groups is 1. The second-order valence-electron chi connectivity index (χ2n) is 5.02. The summed E-state index contributed by atoms with van der Waals surface area (Å²) in [6.07, 6.45) is 1.46. The van der Waals surface area contributed by atoms with Crippen molar-refractivity contribution in [3.63, 3.8) is 0 Å². The van der Waals surface area contributed by atoms with Gasteiger partial charge in [0.05, 0.1) is 0 Å². The molecule has 0 radical (unpaired) electrons. The third kappa shape index (κ3) is 9.20. The van der Waals surface area contributed by atoms with E-state index in [2.05, 4.69) is 22.9 Å². The molecule has 1 aromatic carbocycles. The van der Waals surface area contributed by atoms with Gasteiger partial charge < -0.3 is 25.8 Å². The lowest BCUT2D eigenvalue weighted by Crippen LogP contribution is -2.41. The Morgan fingerprint density at radius 3 is 2.64 bits per heavy atom. The van der Waals surface area contributed by atoms with Crippen LogP contribution in [-0.2, 0) is 0 Å². The van der Waals surface area contributed by atoms with Crippen molar-refractivity contribution < 1.29 is 14.6 Å². The third-order valence-corrected chi connectivity index (χ3v) is 2.97. The van der Waals surface area contributed by atoms with Crippen LogP contribution in [0.3, 0.4) is 0 Å². The molecule has 0 spiro atoms. The van der Waals surface area contributed by atoms with Crippen molar-refractivity contribution in [2.45, 2.75) is 25.9 Å². The topological polar surface area (TPSA) is 82.6 Å². The van der Waals surface area contributed by atoms with Gasteiger partial charge in [0, 0.05) is 26.2 Å². The highest BCUT2D eigenvalue weighted by atomic mass is 16.5. The van der Waals surface area contributed by atoms with Gasteiger partial charge in [-0.3, -0.25) is 0 Å². The molecule has 2 amide bonds. The highest BCUT2D eigenvalue weighted by molar-refractivity contribution is 5.73. The first-order valence-corrected chi connectivity index (χ1v) is 7.80. The Balaban J connectivity index is 1.96. The number of nitrogens with one attached hydrogen (secondary N) is 3. The van der Waals surface area contributed by atoms with Crippen molar-refractivity contribution in [2.75, 3.05) is 32.8 Å². The summed E-state index contributed by atoms with van der Waals surface area (Å²) in [4.78, 5) is 11.4. The van der Waals surface area contributed by atoms with Crippen LogP contribution in [0.15, 0.2) is 30.3 Å². The van der Waals surface area contributed by atoms with Crippen LogP contribution in [0.4, 0.5) is 4.79 Å². The van der Waals surface area contributed by atoms with Gasteiger partial charge in [-0.1, -0.05) is 31.5 Å². The van der Waals surface area contributed by atoms with Crippen molar-refractivity contribution in [1.82, 2.24) is 16.0 Å². The maximum absolute atomic E-state index is 11.4. The molecule has 1 rings (SSSR count). The Hall–Kier alpha value is -1.79. The predicted molar refractivity (Wildman–Crippen MR) is 87.1 cm³/mol. The second-order valence-corrected chi connectivity index (χ2v) is 5.02. The van der Waals surface area contributed by atoms with Gasteiger partial charge >= 0.3 is 6.03 Å². The van der Waals surface area contributed by atoms with Crippen LogP contribution in [0.2, 0.25) is 0 Å². The maximum Gasteiger partial charge on any atom is 0.314 e. The van der Waals surface area contributed by atoms with Gasteiger partial charge in [0.2, 0.25) is 0 Å². The lowest BCUT2D eigenvalue weighted by atomic mass is 10.3. The Labute approximate surface area is 132 Å². The minimum absolute atomic E-state index is 0.150. The minimum atomic E-state index is -0.585. The summed E-state index contributed by atoms with van der Waals surface area (Å²) >= 11 is 0. The molecule has 0 saturated heterocycles. The Morgan fingerprint density at radius 2 is 1.91 bits per heavy atom. The summed E-state index contributed by atoms with van der Waals surface area (Å²) in [5, 5.41) is 18.4. The van der Waals surface area contributed by atoms with Gasteiger partial charge in [0.25, 0.3) is 0 Å². The quantitative estimate of drug-likeness (QED) is 0.462. The Morgan fingerprint density at radius 1 is 1.18 bits per heavy atom. The number of carbonyl (C=O) groups excluding carboxylic acids is 1. The Bertz CT molecular complexity index is 401. The van der Waals surface area contributed by atoms with Crippen LogP contribution in [-0.4, -0.2) is 50.0 Å². The molecule has 0 aliphatic carbocycles. The zero-order valence-corrected chi connectivity index (χ0v) is 13.2. The zero-order valence-electron chi connectivity index (χ0n) is 13.2. The molecular weight excluding hydrogens is 282 g/mol. The van der Waals surface area contributed by atoms with Crippen LogP contribution < -0.4 is 20.7 Å². The number of rotatable bonds is 11. The molecule has 0 aliphatic rings. The van der Waals surface area contributed by atoms with E-state index in [1.165, 1.54) is 0 Å². The van der Waals surface area contributed by atoms with E-state index in [0.29, 0.717) is 26.2 Å². The largest absolute Gasteiger partial charge is 0.491 e. The number of hydrogen-bond acceptors (Lipinski definition) is 4. The van der Waals surface area contributed by atoms with E-state index < -0.39 is 6.10 Å². The number of hydrogen-bond donors (Lipinski definition) is 4. The molecule has 6 nitrogen and oxygen atoms in total. The standard InChI is InChI=1S/C16H27N3O3/c1-2-3-9-18-16(21)19-11-10-17-12-14(20)13-22-15-7-5-4-6-8-15/h4-8,14,17,20H,2-3,9-13H2,1H3,(H2,18,19,21)/t14-/m1/s1. The van der Waals surface area contributed by atoms with Crippen molar-refractivity contribution >= 4 is 6.03 Å². The molecule has 0 unspecified atom stereocenters. The Kier molecular flexibility index (Phi) is 9.81. The molecule has 6 heteroatoms. The van der Waals surface area contributed by atoms with E-state index in [1.54, 1.807) is 0 Å². The smallest absolute Gasteiger partial charge is 0.314 e. The second kappa shape index (κ2) is 11.8. The summed E-state index contributed by atoms with van der Waals surface area (Å²) in [5.74, 6) is 0.743. The fourth-order valence-electron chi connectivity index (χ4n) is 1.74. The van der Waals surface area contributed by atoms with Gasteiger partial charge in [-0.2, -0.15) is 0 Å². The molecule has 1 aromatic rings. The summed E-state index contributed by atoms with van der Waals surface area (Å²) in [6.45, 7) is 4.56. The van der Waals surface area contributed by atoms with E-state index >= 15 is 0 Å². The monoisotopic (exact) mass is 309 g/mol. The van der Waals surface area contributed by atoms with Crippen LogP contribution in [0.5, 0.6) is 5.75 Å². The highest BCUT2D eigenvalue weighted by Crippen LogP contribution is 2.08. The van der Waals surface area contributed by atoms with Gasteiger partial charge in [-0.15, -0.1) is 0 Å². The maximum atomic E-state index is 11.4. The number of amides is 2. The molecule has 124 valence electrons. The van der Waals surface area contributed by atoms with Gasteiger partial charge in [0.1, 0.15) is 18.5 Å². The average Bonchev–Trinajstić information content (AvgIpc) is 2.54. The van der Waals surface area contributed by atoms with Crippen LogP contribution in [0.1, 0.15) is 19.8 Å². The van der Waals surface area contributed by atoms with Crippen molar-refractivity contribution in [3.8, 4) is 5.75 Å². The van der Waals surface area contributed by atoms with Crippen molar-refractivity contribution in [2.24, 2.45) is 0 Å². The van der Waals surface area contributed by atoms with E-state index in [0.717, 1.165) is 18.6 Å². The summed E-state index contributed by atoms with van der Waals surface area (Å²) < 4.78 is 5.45. The molecule has 0 aliphatic heterocycles. The van der Waals surface area contributed by atoms with Crippen LogP contribution in [0, 0.1) is 0 Å².